The van der Waals surface area contributed by atoms with Gasteiger partial charge in [0, 0.05) is 17.0 Å². The Morgan fingerprint density at radius 2 is 2.04 bits per heavy atom. The quantitative estimate of drug-likeness (QED) is 0.327. The van der Waals surface area contributed by atoms with E-state index >= 15 is 0 Å². The van der Waals surface area contributed by atoms with Crippen LogP contribution < -0.4 is 5.43 Å². The maximum atomic E-state index is 11.0. The molecule has 1 heterocycles. The van der Waals surface area contributed by atoms with E-state index in [4.69, 9.17) is 11.6 Å². The molecule has 0 unspecified atom stereocenters. The number of rotatable bonds is 4. The normalized spacial score (nSPS) is 11.1. The van der Waals surface area contributed by atoms with Crippen LogP contribution in [0.5, 0.6) is 0 Å². The van der Waals surface area contributed by atoms with Crippen molar-refractivity contribution in [2.24, 2.45) is 5.10 Å². The van der Waals surface area contributed by atoms with Crippen molar-refractivity contribution in [3.05, 3.63) is 74.9 Å². The number of nitrogens with zero attached hydrogens (tertiary/aromatic N) is 3. The molecule has 1 aromatic heterocycles. The lowest BCUT2D eigenvalue weighted by molar-refractivity contribution is -0.384. The fraction of sp³-hybridized carbons (Fsp3) is 0.0588. The van der Waals surface area contributed by atoms with Crippen LogP contribution in [-0.2, 0) is 0 Å². The number of aryl methyl sites for hydroxylation is 1. The number of hydrazone groups is 1. The minimum atomic E-state index is -0.468. The summed E-state index contributed by atoms with van der Waals surface area (Å²) in [5.74, 6) is 0. The molecule has 3 aromatic rings. The smallest absolute Gasteiger partial charge is 0.272 e. The summed E-state index contributed by atoms with van der Waals surface area (Å²) in [6, 6.07) is 14.0. The second kappa shape index (κ2) is 6.64. The summed E-state index contributed by atoms with van der Waals surface area (Å²) in [4.78, 5) is 14.8. The second-order valence-electron chi connectivity index (χ2n) is 5.21. The summed E-state index contributed by atoms with van der Waals surface area (Å²) in [6.07, 6.45) is 1.49. The van der Waals surface area contributed by atoms with Crippen molar-refractivity contribution in [3.8, 4) is 0 Å². The highest BCUT2D eigenvalue weighted by atomic mass is 35.5. The Bertz CT molecular complexity index is 956. The first-order valence-electron chi connectivity index (χ1n) is 7.14. The summed E-state index contributed by atoms with van der Waals surface area (Å²) in [5.41, 5.74) is 5.46. The van der Waals surface area contributed by atoms with Crippen molar-refractivity contribution in [2.75, 3.05) is 5.43 Å². The van der Waals surface area contributed by atoms with Gasteiger partial charge in [-0.3, -0.25) is 15.5 Å². The Balaban J connectivity index is 1.87. The van der Waals surface area contributed by atoms with E-state index in [2.05, 4.69) is 15.5 Å². The van der Waals surface area contributed by atoms with Gasteiger partial charge in [0.25, 0.3) is 5.69 Å². The van der Waals surface area contributed by atoms with Gasteiger partial charge in [-0.2, -0.15) is 5.10 Å². The zero-order valence-corrected chi connectivity index (χ0v) is 13.5. The topological polar surface area (TPSA) is 80.4 Å². The maximum Gasteiger partial charge on any atom is 0.294 e. The van der Waals surface area contributed by atoms with Gasteiger partial charge in [0.15, 0.2) is 0 Å². The molecule has 0 aliphatic carbocycles. The van der Waals surface area contributed by atoms with E-state index in [1.807, 2.05) is 31.2 Å². The van der Waals surface area contributed by atoms with Crippen LogP contribution in [0, 0.1) is 17.0 Å². The zero-order valence-electron chi connectivity index (χ0n) is 12.7. The molecule has 0 spiro atoms. The van der Waals surface area contributed by atoms with Gasteiger partial charge < -0.3 is 0 Å². The lowest BCUT2D eigenvalue weighted by Gasteiger charge is -2.04. The van der Waals surface area contributed by atoms with Crippen LogP contribution in [-0.4, -0.2) is 16.1 Å². The van der Waals surface area contributed by atoms with Crippen LogP contribution >= 0.6 is 11.6 Å². The molecule has 0 fully saturated rings. The molecule has 0 amide bonds. The Hall–Kier alpha value is -2.99. The van der Waals surface area contributed by atoms with Crippen molar-refractivity contribution in [1.29, 1.82) is 0 Å². The molecule has 0 saturated heterocycles. The molecule has 0 aliphatic rings. The molecule has 3 rings (SSSR count). The van der Waals surface area contributed by atoms with Gasteiger partial charge >= 0.3 is 0 Å². The predicted molar refractivity (Wildman–Crippen MR) is 95.8 cm³/mol. The monoisotopic (exact) mass is 340 g/mol. The summed E-state index contributed by atoms with van der Waals surface area (Å²) in [5, 5.41) is 16.3. The number of anilines is 1. The average molecular weight is 341 g/mol. The summed E-state index contributed by atoms with van der Waals surface area (Å²) < 4.78 is 0. The standard InChI is InChI=1S/C17H13ClN4O2/c1-11-6-7-12-9-13(17(18)20-15(12)8-11)10-19-21-14-4-2-3-5-16(14)22(23)24/h2-10,21H,1H3/b19-10-. The predicted octanol–water partition coefficient (Wildman–Crippen LogP) is 4.55. The fourth-order valence-corrected chi connectivity index (χ4v) is 2.45. The molecule has 0 bridgehead atoms. The SMILES string of the molecule is Cc1ccc2cc(/C=N\Nc3ccccc3[N+](=O)[O-])c(Cl)nc2c1. The molecule has 0 atom stereocenters. The third-order valence-corrected chi connectivity index (χ3v) is 3.75. The number of pyridine rings is 1. The van der Waals surface area contributed by atoms with Crippen LogP contribution in [0.25, 0.3) is 10.9 Å². The van der Waals surface area contributed by atoms with Gasteiger partial charge in [-0.25, -0.2) is 4.98 Å². The number of benzene rings is 2. The molecule has 0 saturated carbocycles. The number of hydrogen-bond donors (Lipinski definition) is 1. The zero-order chi connectivity index (χ0) is 17.1. The van der Waals surface area contributed by atoms with E-state index in [1.54, 1.807) is 18.2 Å². The van der Waals surface area contributed by atoms with Crippen molar-refractivity contribution >= 4 is 40.1 Å². The fourth-order valence-electron chi connectivity index (χ4n) is 2.26. The van der Waals surface area contributed by atoms with Gasteiger partial charge in [-0.15, -0.1) is 0 Å². The van der Waals surface area contributed by atoms with Gasteiger partial charge in [-0.05, 0) is 30.7 Å². The van der Waals surface area contributed by atoms with E-state index in [0.29, 0.717) is 16.4 Å². The maximum absolute atomic E-state index is 11.0. The van der Waals surface area contributed by atoms with Crippen LogP contribution in [0.3, 0.4) is 0 Å². The molecule has 0 radical (unpaired) electrons. The number of nitro groups is 1. The highest BCUT2D eigenvalue weighted by Gasteiger charge is 2.11. The van der Waals surface area contributed by atoms with Gasteiger partial charge in [-0.1, -0.05) is 35.9 Å². The lowest BCUT2D eigenvalue weighted by atomic mass is 10.1. The van der Waals surface area contributed by atoms with E-state index in [-0.39, 0.29) is 5.69 Å². The molecule has 120 valence electrons. The number of nitro benzene ring substituents is 1. The van der Waals surface area contributed by atoms with E-state index < -0.39 is 4.92 Å². The van der Waals surface area contributed by atoms with Crippen molar-refractivity contribution in [2.45, 2.75) is 6.92 Å². The second-order valence-corrected chi connectivity index (χ2v) is 5.57. The van der Waals surface area contributed by atoms with E-state index in [9.17, 15) is 10.1 Å². The molecule has 7 heteroatoms. The van der Waals surface area contributed by atoms with Crippen molar-refractivity contribution < 1.29 is 4.92 Å². The molecular formula is C17H13ClN4O2. The van der Waals surface area contributed by atoms with Crippen molar-refractivity contribution in [1.82, 2.24) is 4.98 Å². The molecule has 24 heavy (non-hydrogen) atoms. The molecule has 2 aromatic carbocycles. The van der Waals surface area contributed by atoms with E-state index in [0.717, 1.165) is 16.5 Å². The van der Waals surface area contributed by atoms with Crippen LogP contribution in [0.15, 0.2) is 53.6 Å². The summed E-state index contributed by atoms with van der Waals surface area (Å²) in [7, 11) is 0. The lowest BCUT2D eigenvalue weighted by Crippen LogP contribution is -1.97. The first-order valence-corrected chi connectivity index (χ1v) is 7.52. The van der Waals surface area contributed by atoms with Gasteiger partial charge in [0.1, 0.15) is 10.8 Å². The number of halogens is 1. The number of fused-ring (bicyclic) bond motifs is 1. The first-order chi connectivity index (χ1) is 11.5. The third-order valence-electron chi connectivity index (χ3n) is 3.44. The summed E-state index contributed by atoms with van der Waals surface area (Å²) >= 11 is 6.18. The molecular weight excluding hydrogens is 328 g/mol. The van der Waals surface area contributed by atoms with Crippen molar-refractivity contribution in [3.63, 3.8) is 0 Å². The average Bonchev–Trinajstić information content (AvgIpc) is 2.55. The highest BCUT2D eigenvalue weighted by molar-refractivity contribution is 6.32. The Labute approximate surface area is 142 Å². The third kappa shape index (κ3) is 3.33. The minimum Gasteiger partial charge on any atom is -0.272 e. The minimum absolute atomic E-state index is 0.0483. The van der Waals surface area contributed by atoms with Crippen LogP contribution in [0.4, 0.5) is 11.4 Å². The largest absolute Gasteiger partial charge is 0.294 e. The highest BCUT2D eigenvalue weighted by Crippen LogP contribution is 2.23. The summed E-state index contributed by atoms with van der Waals surface area (Å²) in [6.45, 7) is 1.99. The Morgan fingerprint density at radius 3 is 2.83 bits per heavy atom. The first kappa shape index (κ1) is 15.9. The van der Waals surface area contributed by atoms with Crippen LogP contribution in [0.1, 0.15) is 11.1 Å². The number of aromatic nitrogens is 1. The van der Waals surface area contributed by atoms with Gasteiger partial charge in [0.2, 0.25) is 0 Å². The number of nitrogens with one attached hydrogen (secondary N) is 1. The molecule has 0 aliphatic heterocycles. The Kier molecular flexibility index (Phi) is 4.39. The molecule has 6 nitrogen and oxygen atoms in total. The number of para-hydroxylation sites is 2. The Morgan fingerprint density at radius 1 is 1.25 bits per heavy atom. The van der Waals surface area contributed by atoms with E-state index in [1.165, 1.54) is 12.3 Å². The number of hydrogen-bond acceptors (Lipinski definition) is 5. The molecule has 1 N–H and O–H groups in total. The van der Waals surface area contributed by atoms with Gasteiger partial charge in [0.05, 0.1) is 16.7 Å². The van der Waals surface area contributed by atoms with Crippen LogP contribution in [0.2, 0.25) is 5.15 Å².